The summed E-state index contributed by atoms with van der Waals surface area (Å²) < 4.78 is 5.48. The highest BCUT2D eigenvalue weighted by molar-refractivity contribution is 7.17. The van der Waals surface area contributed by atoms with Crippen LogP contribution in [0.15, 0.2) is 47.1 Å². The van der Waals surface area contributed by atoms with E-state index >= 15 is 0 Å². The van der Waals surface area contributed by atoms with Crippen molar-refractivity contribution in [3.05, 3.63) is 58.7 Å². The number of rotatable bonds is 5. The molecule has 1 saturated carbocycles. The molecule has 1 aromatic carbocycles. The van der Waals surface area contributed by atoms with Crippen LogP contribution in [-0.2, 0) is 0 Å². The third kappa shape index (κ3) is 3.25. The van der Waals surface area contributed by atoms with E-state index in [4.69, 9.17) is 10.3 Å². The number of carbonyl (C=O) groups is 2. The van der Waals surface area contributed by atoms with Crippen LogP contribution in [0.3, 0.4) is 0 Å². The molecule has 1 aliphatic carbocycles. The second-order valence-electron chi connectivity index (χ2n) is 6.79. The molecule has 3 heterocycles. The van der Waals surface area contributed by atoms with Gasteiger partial charge in [0.1, 0.15) is 10.6 Å². The van der Waals surface area contributed by atoms with Gasteiger partial charge in [0, 0.05) is 17.2 Å². The van der Waals surface area contributed by atoms with Crippen LogP contribution in [0.2, 0.25) is 0 Å². The van der Waals surface area contributed by atoms with Gasteiger partial charge in [-0.25, -0.2) is 9.97 Å². The Balaban J connectivity index is 1.60. The lowest BCUT2D eigenvalue weighted by Crippen LogP contribution is -2.13. The van der Waals surface area contributed by atoms with Gasteiger partial charge in [-0.05, 0) is 18.9 Å². The van der Waals surface area contributed by atoms with E-state index in [1.165, 1.54) is 6.20 Å². The van der Waals surface area contributed by atoms with Gasteiger partial charge in [-0.3, -0.25) is 14.9 Å². The van der Waals surface area contributed by atoms with Crippen molar-refractivity contribution in [1.29, 1.82) is 0 Å². The maximum absolute atomic E-state index is 13.1. The minimum atomic E-state index is -0.587. The summed E-state index contributed by atoms with van der Waals surface area (Å²) in [6.07, 6.45) is 3.41. The number of fused-ring (bicyclic) bond motifs is 1. The van der Waals surface area contributed by atoms with Gasteiger partial charge in [0.2, 0.25) is 0 Å². The zero-order chi connectivity index (χ0) is 20.0. The number of nitrogens with zero attached hydrogens (tertiary/aromatic N) is 3. The van der Waals surface area contributed by atoms with E-state index in [9.17, 15) is 9.59 Å². The molecule has 0 spiro atoms. The molecule has 3 aromatic heterocycles. The molecule has 29 heavy (non-hydrogen) atoms. The molecule has 0 saturated heterocycles. The fourth-order valence-corrected chi connectivity index (χ4v) is 3.80. The molecule has 144 valence electrons. The van der Waals surface area contributed by atoms with Crippen molar-refractivity contribution in [3.8, 4) is 11.3 Å². The molecule has 3 N–H and O–H groups in total. The number of amides is 2. The summed E-state index contributed by atoms with van der Waals surface area (Å²) in [4.78, 5) is 33.3. The highest BCUT2D eigenvalue weighted by atomic mass is 32.1. The number of thiazole rings is 1. The summed E-state index contributed by atoms with van der Waals surface area (Å²) in [5.74, 6) is -0.627. The molecule has 0 aliphatic heterocycles. The number of carbonyl (C=O) groups excluding carboxylic acids is 2. The summed E-state index contributed by atoms with van der Waals surface area (Å²) in [6.45, 7) is 0. The third-order valence-electron chi connectivity index (χ3n) is 4.72. The molecule has 9 heteroatoms. The molecular weight excluding hydrogens is 390 g/mol. The van der Waals surface area contributed by atoms with Crippen molar-refractivity contribution in [2.24, 2.45) is 5.73 Å². The van der Waals surface area contributed by atoms with E-state index in [2.05, 4.69) is 20.4 Å². The van der Waals surface area contributed by atoms with Crippen molar-refractivity contribution < 1.29 is 14.1 Å². The number of pyridine rings is 1. The van der Waals surface area contributed by atoms with E-state index in [1.807, 2.05) is 30.3 Å². The average Bonchev–Trinajstić information content (AvgIpc) is 3.32. The Kier molecular flexibility index (Phi) is 4.09. The number of anilines is 1. The van der Waals surface area contributed by atoms with Crippen LogP contribution in [0.1, 0.15) is 44.5 Å². The minimum absolute atomic E-state index is 0.272. The van der Waals surface area contributed by atoms with Gasteiger partial charge in [-0.2, -0.15) is 0 Å². The standard InChI is InChI=1S/C20H15N5O3S/c21-17(26)14-9-22-20(29-14)24-18(27)12-8-13(10-6-7-10)23-19-15(12)16(25-28-19)11-4-2-1-3-5-11/h1-5,8-10H,6-7H2,(H2,21,26)(H,22,24,27). The fraction of sp³-hybridized carbons (Fsp3) is 0.150. The summed E-state index contributed by atoms with van der Waals surface area (Å²) in [5.41, 5.74) is 8.20. The SMILES string of the molecule is NC(=O)c1cnc(NC(=O)c2cc(C3CC3)nc3onc(-c4ccccc4)c23)s1. The first kappa shape index (κ1) is 17.5. The molecule has 0 atom stereocenters. The lowest BCUT2D eigenvalue weighted by molar-refractivity contribution is 0.100. The zero-order valence-electron chi connectivity index (χ0n) is 15.1. The van der Waals surface area contributed by atoms with Gasteiger partial charge in [0.25, 0.3) is 17.5 Å². The highest BCUT2D eigenvalue weighted by Crippen LogP contribution is 2.41. The number of aromatic nitrogens is 3. The van der Waals surface area contributed by atoms with Gasteiger partial charge in [0.05, 0.1) is 17.1 Å². The molecule has 0 radical (unpaired) electrons. The smallest absolute Gasteiger partial charge is 0.260 e. The Labute approximate surface area is 168 Å². The van der Waals surface area contributed by atoms with Gasteiger partial charge >= 0.3 is 0 Å². The van der Waals surface area contributed by atoms with Crippen LogP contribution in [-0.4, -0.2) is 26.9 Å². The summed E-state index contributed by atoms with van der Waals surface area (Å²) in [7, 11) is 0. The van der Waals surface area contributed by atoms with E-state index in [0.29, 0.717) is 33.4 Å². The number of hydrogen-bond acceptors (Lipinski definition) is 7. The summed E-state index contributed by atoms with van der Waals surface area (Å²) in [6, 6.07) is 11.3. The van der Waals surface area contributed by atoms with E-state index in [0.717, 1.165) is 35.4 Å². The molecule has 5 rings (SSSR count). The van der Waals surface area contributed by atoms with E-state index < -0.39 is 5.91 Å². The van der Waals surface area contributed by atoms with Gasteiger partial charge in [-0.15, -0.1) is 0 Å². The number of benzene rings is 1. The van der Waals surface area contributed by atoms with E-state index in [1.54, 1.807) is 6.07 Å². The quantitative estimate of drug-likeness (QED) is 0.523. The normalized spacial score (nSPS) is 13.5. The molecule has 0 bridgehead atoms. The van der Waals surface area contributed by atoms with Gasteiger partial charge in [0.15, 0.2) is 5.13 Å². The first-order chi connectivity index (χ1) is 14.1. The highest BCUT2D eigenvalue weighted by Gasteiger charge is 2.29. The lowest BCUT2D eigenvalue weighted by Gasteiger charge is -2.07. The van der Waals surface area contributed by atoms with Crippen molar-refractivity contribution in [3.63, 3.8) is 0 Å². The third-order valence-corrected chi connectivity index (χ3v) is 5.65. The lowest BCUT2D eigenvalue weighted by atomic mass is 10.0. The van der Waals surface area contributed by atoms with Crippen molar-refractivity contribution in [2.75, 3.05) is 5.32 Å². The zero-order valence-corrected chi connectivity index (χ0v) is 15.9. The van der Waals surface area contributed by atoms with Gasteiger partial charge in [-0.1, -0.05) is 46.8 Å². The number of hydrogen-bond donors (Lipinski definition) is 2. The Morgan fingerprint density at radius 2 is 2.00 bits per heavy atom. The minimum Gasteiger partial charge on any atom is -0.365 e. The molecule has 1 aliphatic rings. The second kappa shape index (κ2) is 6.78. The molecule has 4 aromatic rings. The Hall–Kier alpha value is -3.59. The van der Waals surface area contributed by atoms with Gasteiger partial charge < -0.3 is 10.3 Å². The fourth-order valence-electron chi connectivity index (χ4n) is 3.14. The Morgan fingerprint density at radius 3 is 2.69 bits per heavy atom. The van der Waals surface area contributed by atoms with Crippen LogP contribution in [0, 0.1) is 0 Å². The number of nitrogens with two attached hydrogens (primary N) is 1. The summed E-state index contributed by atoms with van der Waals surface area (Å²) >= 11 is 1.02. The largest absolute Gasteiger partial charge is 0.365 e. The number of primary amides is 1. The molecular formula is C20H15N5O3S. The monoisotopic (exact) mass is 405 g/mol. The average molecular weight is 405 g/mol. The Morgan fingerprint density at radius 1 is 1.21 bits per heavy atom. The maximum atomic E-state index is 13.1. The van der Waals surface area contributed by atoms with E-state index in [-0.39, 0.29) is 10.8 Å². The van der Waals surface area contributed by atoms with Crippen LogP contribution in [0.5, 0.6) is 0 Å². The molecule has 1 fully saturated rings. The van der Waals surface area contributed by atoms with Crippen LogP contribution >= 0.6 is 11.3 Å². The van der Waals surface area contributed by atoms with Crippen LogP contribution < -0.4 is 11.1 Å². The topological polar surface area (TPSA) is 124 Å². The number of nitrogens with one attached hydrogen (secondary N) is 1. The first-order valence-corrected chi connectivity index (χ1v) is 9.84. The molecule has 2 amide bonds. The molecule has 0 unspecified atom stereocenters. The second-order valence-corrected chi connectivity index (χ2v) is 7.83. The predicted molar refractivity (Wildman–Crippen MR) is 108 cm³/mol. The summed E-state index contributed by atoms with van der Waals surface area (Å²) in [5, 5.41) is 7.75. The predicted octanol–water partition coefficient (Wildman–Crippen LogP) is 3.57. The first-order valence-electron chi connectivity index (χ1n) is 9.03. The van der Waals surface area contributed by atoms with Crippen LogP contribution in [0.25, 0.3) is 22.4 Å². The molecule has 8 nitrogen and oxygen atoms in total. The Bertz CT molecular complexity index is 1240. The van der Waals surface area contributed by atoms with Crippen molar-refractivity contribution in [1.82, 2.24) is 15.1 Å². The maximum Gasteiger partial charge on any atom is 0.260 e. The van der Waals surface area contributed by atoms with Crippen molar-refractivity contribution >= 4 is 39.4 Å². The van der Waals surface area contributed by atoms with Crippen LogP contribution in [0.4, 0.5) is 5.13 Å². The van der Waals surface area contributed by atoms with Crippen molar-refractivity contribution in [2.45, 2.75) is 18.8 Å².